The van der Waals surface area contributed by atoms with E-state index < -0.39 is 6.04 Å². The summed E-state index contributed by atoms with van der Waals surface area (Å²) in [5.41, 5.74) is 1.11. The number of amides is 2. The number of carbonyl (C=O) groups is 2. The van der Waals surface area contributed by atoms with Crippen LogP contribution in [0.25, 0.3) is 0 Å². The van der Waals surface area contributed by atoms with Gasteiger partial charge in [-0.1, -0.05) is 6.42 Å². The highest BCUT2D eigenvalue weighted by Crippen LogP contribution is 2.26. The van der Waals surface area contributed by atoms with E-state index in [2.05, 4.69) is 20.6 Å². The van der Waals surface area contributed by atoms with Gasteiger partial charge >= 0.3 is 0 Å². The van der Waals surface area contributed by atoms with Crippen LogP contribution in [-0.4, -0.2) is 58.8 Å². The normalized spacial score (nSPS) is 20.6. The van der Waals surface area contributed by atoms with Crippen LogP contribution >= 0.6 is 11.3 Å². The van der Waals surface area contributed by atoms with Crippen molar-refractivity contribution in [1.29, 1.82) is 0 Å². The van der Waals surface area contributed by atoms with Gasteiger partial charge in [0.2, 0.25) is 11.8 Å². The van der Waals surface area contributed by atoms with Gasteiger partial charge in [-0.05, 0) is 33.1 Å². The van der Waals surface area contributed by atoms with Gasteiger partial charge in [-0.2, -0.15) is 0 Å². The van der Waals surface area contributed by atoms with Gasteiger partial charge in [0.15, 0.2) is 0 Å². The Morgan fingerprint density at radius 1 is 1.28 bits per heavy atom. The van der Waals surface area contributed by atoms with E-state index in [1.807, 2.05) is 11.8 Å². The SMILES string of the molecule is Cc1nc(CN2CCCN(C(=O)C(C)NC(=O)C3CCC3)CC2)cs1. The third kappa shape index (κ3) is 4.79. The van der Waals surface area contributed by atoms with Gasteiger partial charge < -0.3 is 10.2 Å². The molecule has 2 fully saturated rings. The maximum atomic E-state index is 12.7. The molecule has 0 aromatic carbocycles. The average molecular weight is 365 g/mol. The molecule has 6 nitrogen and oxygen atoms in total. The van der Waals surface area contributed by atoms with Crippen molar-refractivity contribution >= 4 is 23.2 Å². The summed E-state index contributed by atoms with van der Waals surface area (Å²) in [5, 5.41) is 6.11. The second-order valence-corrected chi connectivity index (χ2v) is 8.23. The van der Waals surface area contributed by atoms with Gasteiger partial charge in [-0.3, -0.25) is 14.5 Å². The predicted octanol–water partition coefficient (Wildman–Crippen LogP) is 1.79. The summed E-state index contributed by atoms with van der Waals surface area (Å²) < 4.78 is 0. The standard InChI is InChI=1S/C18H28N4O2S/c1-13(19-17(23)15-5-3-6-15)18(24)22-8-4-7-21(9-10-22)11-16-12-25-14(2)20-16/h12-13,15H,3-11H2,1-2H3,(H,19,23). The molecule has 1 N–H and O–H groups in total. The molecule has 1 aromatic rings. The molecule has 1 atom stereocenters. The Kier molecular flexibility index (Phi) is 6.06. The molecule has 2 aliphatic rings. The van der Waals surface area contributed by atoms with E-state index in [1.54, 1.807) is 18.3 Å². The molecule has 0 spiro atoms. The van der Waals surface area contributed by atoms with Crippen LogP contribution in [0.15, 0.2) is 5.38 Å². The fraction of sp³-hybridized carbons (Fsp3) is 0.722. The van der Waals surface area contributed by atoms with Crippen LogP contribution in [0.1, 0.15) is 43.3 Å². The van der Waals surface area contributed by atoms with E-state index in [-0.39, 0.29) is 17.7 Å². The van der Waals surface area contributed by atoms with Gasteiger partial charge in [0.05, 0.1) is 10.7 Å². The highest BCUT2D eigenvalue weighted by Gasteiger charge is 2.29. The number of nitrogens with one attached hydrogen (secondary N) is 1. The van der Waals surface area contributed by atoms with Crippen LogP contribution in [0.5, 0.6) is 0 Å². The Bertz CT molecular complexity index is 614. The first kappa shape index (κ1) is 18.3. The maximum Gasteiger partial charge on any atom is 0.244 e. The fourth-order valence-electron chi connectivity index (χ4n) is 3.40. The quantitative estimate of drug-likeness (QED) is 0.865. The molecular formula is C18H28N4O2S. The lowest BCUT2D eigenvalue weighted by Gasteiger charge is -2.28. The van der Waals surface area contributed by atoms with Crippen molar-refractivity contribution < 1.29 is 9.59 Å². The van der Waals surface area contributed by atoms with Gasteiger partial charge in [0, 0.05) is 44.0 Å². The number of rotatable bonds is 5. The molecule has 7 heteroatoms. The lowest BCUT2D eigenvalue weighted by molar-refractivity contribution is -0.137. The summed E-state index contributed by atoms with van der Waals surface area (Å²) in [7, 11) is 0. The van der Waals surface area contributed by atoms with Crippen LogP contribution in [0.3, 0.4) is 0 Å². The number of hydrogen-bond acceptors (Lipinski definition) is 5. The largest absolute Gasteiger partial charge is 0.344 e. The smallest absolute Gasteiger partial charge is 0.244 e. The third-order valence-electron chi connectivity index (χ3n) is 5.16. The Hall–Kier alpha value is -1.47. The number of carbonyl (C=O) groups excluding carboxylic acids is 2. The van der Waals surface area contributed by atoms with Crippen molar-refractivity contribution in [1.82, 2.24) is 20.1 Å². The van der Waals surface area contributed by atoms with Gasteiger partial charge in [0.25, 0.3) is 0 Å². The molecule has 2 amide bonds. The van der Waals surface area contributed by atoms with Gasteiger partial charge in [-0.15, -0.1) is 11.3 Å². The molecule has 3 rings (SSSR count). The number of hydrogen-bond donors (Lipinski definition) is 1. The predicted molar refractivity (Wildman–Crippen MR) is 98.3 cm³/mol. The van der Waals surface area contributed by atoms with E-state index >= 15 is 0 Å². The summed E-state index contributed by atoms with van der Waals surface area (Å²) in [6.07, 6.45) is 4.00. The van der Waals surface area contributed by atoms with Crippen molar-refractivity contribution in [3.8, 4) is 0 Å². The molecule has 1 aromatic heterocycles. The first-order chi connectivity index (χ1) is 12.0. The van der Waals surface area contributed by atoms with E-state index in [0.717, 1.165) is 62.6 Å². The summed E-state index contributed by atoms with van der Waals surface area (Å²) in [4.78, 5) is 33.5. The minimum atomic E-state index is -0.430. The van der Waals surface area contributed by atoms with Crippen LogP contribution < -0.4 is 5.32 Å². The average Bonchev–Trinajstić information content (AvgIpc) is 2.78. The molecule has 1 saturated heterocycles. The molecule has 0 radical (unpaired) electrons. The van der Waals surface area contributed by atoms with Crippen LogP contribution in [0, 0.1) is 12.8 Å². The first-order valence-electron chi connectivity index (χ1n) is 9.25. The molecule has 1 aliphatic heterocycles. The Morgan fingerprint density at radius 3 is 2.72 bits per heavy atom. The molecule has 2 heterocycles. The summed E-state index contributed by atoms with van der Waals surface area (Å²) in [5.74, 6) is 0.206. The van der Waals surface area contributed by atoms with E-state index in [0.29, 0.717) is 6.54 Å². The molecule has 138 valence electrons. The monoisotopic (exact) mass is 364 g/mol. The van der Waals surface area contributed by atoms with Crippen molar-refractivity contribution in [2.75, 3.05) is 26.2 Å². The zero-order chi connectivity index (χ0) is 17.8. The van der Waals surface area contributed by atoms with E-state index in [9.17, 15) is 9.59 Å². The van der Waals surface area contributed by atoms with E-state index in [1.165, 1.54) is 0 Å². The number of thiazole rings is 1. The van der Waals surface area contributed by atoms with Crippen molar-refractivity contribution in [3.63, 3.8) is 0 Å². The molecule has 1 aliphatic carbocycles. The van der Waals surface area contributed by atoms with Gasteiger partial charge in [-0.25, -0.2) is 4.98 Å². The zero-order valence-electron chi connectivity index (χ0n) is 15.2. The summed E-state index contributed by atoms with van der Waals surface area (Å²) >= 11 is 1.68. The Morgan fingerprint density at radius 2 is 2.08 bits per heavy atom. The lowest BCUT2D eigenvalue weighted by Crippen LogP contribution is -2.50. The molecule has 0 bridgehead atoms. The van der Waals surface area contributed by atoms with Crippen LogP contribution in [0.2, 0.25) is 0 Å². The molecular weight excluding hydrogens is 336 g/mol. The van der Waals surface area contributed by atoms with E-state index in [4.69, 9.17) is 0 Å². The van der Waals surface area contributed by atoms with Crippen LogP contribution in [-0.2, 0) is 16.1 Å². The highest BCUT2D eigenvalue weighted by molar-refractivity contribution is 7.09. The third-order valence-corrected chi connectivity index (χ3v) is 5.98. The number of aromatic nitrogens is 1. The van der Waals surface area contributed by atoms with Crippen LogP contribution in [0.4, 0.5) is 0 Å². The first-order valence-corrected chi connectivity index (χ1v) is 10.1. The Balaban J connectivity index is 1.47. The fourth-order valence-corrected chi connectivity index (χ4v) is 4.00. The number of nitrogens with zero attached hydrogens (tertiary/aromatic N) is 3. The van der Waals surface area contributed by atoms with Crippen molar-refractivity contribution in [2.24, 2.45) is 5.92 Å². The molecule has 1 saturated carbocycles. The highest BCUT2D eigenvalue weighted by atomic mass is 32.1. The second-order valence-electron chi connectivity index (χ2n) is 7.17. The van der Waals surface area contributed by atoms with Gasteiger partial charge in [0.1, 0.15) is 6.04 Å². The topological polar surface area (TPSA) is 65.5 Å². The molecule has 1 unspecified atom stereocenters. The summed E-state index contributed by atoms with van der Waals surface area (Å²) in [6, 6.07) is -0.430. The van der Waals surface area contributed by atoms with Crippen molar-refractivity contribution in [2.45, 2.75) is 52.1 Å². The minimum absolute atomic E-state index is 0.0408. The molecule has 25 heavy (non-hydrogen) atoms. The maximum absolute atomic E-state index is 12.7. The lowest BCUT2D eigenvalue weighted by atomic mass is 9.84. The minimum Gasteiger partial charge on any atom is -0.344 e. The Labute approximate surface area is 153 Å². The van der Waals surface area contributed by atoms with Crippen molar-refractivity contribution in [3.05, 3.63) is 16.1 Å². The summed E-state index contributed by atoms with van der Waals surface area (Å²) in [6.45, 7) is 7.98. The number of aryl methyl sites for hydroxylation is 1. The second kappa shape index (κ2) is 8.27. The zero-order valence-corrected chi connectivity index (χ0v) is 16.0.